The van der Waals surface area contributed by atoms with Crippen LogP contribution in [0.15, 0.2) is 110 Å². The average molecular weight is 858 g/mol. The second-order valence-corrected chi connectivity index (χ2v) is 15.5. The van der Waals surface area contributed by atoms with E-state index in [2.05, 4.69) is 63.7 Å². The van der Waals surface area contributed by atoms with Crippen LogP contribution in [0.2, 0.25) is 20.1 Å². The Morgan fingerprint density at radius 2 is 0.806 bits per heavy atom. The minimum Gasteiger partial charge on any atom is -0.219 e. The second-order valence-electron chi connectivity index (χ2n) is 7.03. The highest BCUT2D eigenvalue weighted by molar-refractivity contribution is 9.11. The van der Waals surface area contributed by atoms with Crippen LogP contribution in [0.1, 0.15) is 0 Å². The molecule has 12 heteroatoms. The van der Waals surface area contributed by atoms with Gasteiger partial charge in [0.1, 0.15) is 0 Å². The average Bonchev–Trinajstić information content (AvgIpc) is 2.71. The van der Waals surface area contributed by atoms with Gasteiger partial charge >= 0.3 is 0 Å². The van der Waals surface area contributed by atoms with Gasteiger partial charge in [-0.1, -0.05) is 122 Å². The molecule has 2 nitrogen and oxygen atoms in total. The molecule has 0 aliphatic carbocycles. The van der Waals surface area contributed by atoms with E-state index in [0.717, 1.165) is 18.7 Å². The van der Waals surface area contributed by atoms with Crippen LogP contribution in [-0.4, -0.2) is 8.42 Å². The fraction of sp³-hybridized carbons (Fsp3) is 0. The van der Waals surface area contributed by atoms with Crippen LogP contribution >= 0.6 is 122 Å². The highest BCUT2D eigenvalue weighted by atomic mass is 79.9. The lowest BCUT2D eigenvalue weighted by atomic mass is 10.4. The van der Waals surface area contributed by atoms with Crippen LogP contribution in [-0.2, 0) is 9.84 Å². The van der Waals surface area contributed by atoms with Crippen molar-refractivity contribution in [3.63, 3.8) is 0 Å². The van der Waals surface area contributed by atoms with Gasteiger partial charge in [0.05, 0.1) is 9.79 Å². The molecule has 4 rings (SSSR count). The molecule has 0 spiro atoms. The number of benzene rings is 4. The minimum absolute atomic E-state index is 0.0648. The van der Waals surface area contributed by atoms with Crippen molar-refractivity contribution in [1.29, 1.82) is 0 Å². The molecule has 0 heterocycles. The Hall–Kier alpha value is 0.260. The summed E-state index contributed by atoms with van der Waals surface area (Å²) >= 11 is 38.7. The molecule has 0 aromatic heterocycles. The van der Waals surface area contributed by atoms with Gasteiger partial charge in [-0.3, -0.25) is 0 Å². The third-order valence-corrected chi connectivity index (χ3v) is 9.56. The summed E-state index contributed by atoms with van der Waals surface area (Å²) in [7, 11) is -3.66. The van der Waals surface area contributed by atoms with E-state index in [4.69, 9.17) is 46.4 Å². The van der Waals surface area contributed by atoms with Gasteiger partial charge in [-0.15, -0.1) is 0 Å². The van der Waals surface area contributed by atoms with Crippen LogP contribution in [0.3, 0.4) is 0 Å². The van der Waals surface area contributed by atoms with Crippen molar-refractivity contribution < 1.29 is 8.42 Å². The molecule has 4 aromatic rings. The van der Waals surface area contributed by atoms with E-state index >= 15 is 0 Å². The Bertz CT molecular complexity index is 1350. The number of hydrogen-bond donors (Lipinski definition) is 0. The lowest BCUT2D eigenvalue weighted by Crippen LogP contribution is -2.02. The van der Waals surface area contributed by atoms with Crippen molar-refractivity contribution in [3.05, 3.63) is 111 Å². The molecule has 0 saturated carbocycles. The minimum atomic E-state index is -3.66. The van der Waals surface area contributed by atoms with Gasteiger partial charge in [0.2, 0.25) is 9.84 Å². The Kier molecular flexibility index (Phi) is 11.6. The standard InChI is InChI=1S/C12H6Br2Cl2O2S.C12H6Br2Cl2S/c13-7-1-8(14)3-11(2-7)19(17,18)12-5-9(15)4-10(16)6-12;13-7-1-8(14)3-11(2-7)17-12-5-9(15)4-10(16)6-12/h1-6H;1-6H. The fourth-order valence-corrected chi connectivity index (χ4v) is 9.74. The van der Waals surface area contributed by atoms with Crippen LogP contribution in [0, 0.1) is 0 Å². The first kappa shape index (κ1) is 30.8. The SMILES string of the molecule is Clc1cc(Cl)cc(Sc2cc(Br)cc(Br)c2)c1.O=S(=O)(c1cc(Cl)cc(Cl)c1)c1cc(Br)cc(Br)c1. The summed E-state index contributed by atoms with van der Waals surface area (Å²) in [4.78, 5) is 2.36. The zero-order valence-electron chi connectivity index (χ0n) is 17.6. The largest absolute Gasteiger partial charge is 0.219 e. The quantitative estimate of drug-likeness (QED) is 0.205. The lowest BCUT2D eigenvalue weighted by Gasteiger charge is -2.07. The van der Waals surface area contributed by atoms with Gasteiger partial charge in [0, 0.05) is 47.8 Å². The topological polar surface area (TPSA) is 34.1 Å². The van der Waals surface area contributed by atoms with Gasteiger partial charge in [0.15, 0.2) is 0 Å². The molecule has 0 radical (unpaired) electrons. The zero-order chi connectivity index (χ0) is 26.6. The maximum Gasteiger partial charge on any atom is 0.206 e. The van der Waals surface area contributed by atoms with E-state index < -0.39 is 9.84 Å². The van der Waals surface area contributed by atoms with Crippen molar-refractivity contribution >= 4 is 132 Å². The number of sulfone groups is 1. The number of rotatable bonds is 4. The van der Waals surface area contributed by atoms with E-state index in [9.17, 15) is 8.42 Å². The summed E-state index contributed by atoms with van der Waals surface area (Å²) in [6.45, 7) is 0. The maximum atomic E-state index is 12.5. The van der Waals surface area contributed by atoms with Crippen molar-refractivity contribution in [1.82, 2.24) is 0 Å². The van der Waals surface area contributed by atoms with Crippen molar-refractivity contribution in [3.8, 4) is 0 Å². The van der Waals surface area contributed by atoms with Crippen LogP contribution in [0.25, 0.3) is 0 Å². The summed E-state index contributed by atoms with van der Waals surface area (Å²) < 4.78 is 28.3. The highest BCUT2D eigenvalue weighted by Crippen LogP contribution is 2.35. The Balaban J connectivity index is 0.000000202. The number of halogens is 8. The molecule has 36 heavy (non-hydrogen) atoms. The molecule has 0 saturated heterocycles. The molecule has 0 unspecified atom stereocenters. The van der Waals surface area contributed by atoms with Gasteiger partial charge < -0.3 is 0 Å². The van der Waals surface area contributed by atoms with Crippen LogP contribution in [0.4, 0.5) is 0 Å². The molecule has 0 atom stereocenters. The van der Waals surface area contributed by atoms with Gasteiger partial charge in [-0.05, 0) is 72.8 Å². The van der Waals surface area contributed by atoms with E-state index in [1.807, 2.05) is 30.3 Å². The predicted octanol–water partition coefficient (Wildman–Crippen LogP) is 12.0. The third kappa shape index (κ3) is 9.18. The van der Waals surface area contributed by atoms with Crippen LogP contribution < -0.4 is 0 Å². The van der Waals surface area contributed by atoms with Gasteiger partial charge in [-0.2, -0.15) is 0 Å². The summed E-state index contributed by atoms with van der Waals surface area (Å²) in [5, 5.41) is 1.85. The Morgan fingerprint density at radius 1 is 0.472 bits per heavy atom. The first-order valence-electron chi connectivity index (χ1n) is 9.59. The zero-order valence-corrected chi connectivity index (χ0v) is 28.6. The van der Waals surface area contributed by atoms with E-state index in [1.54, 1.807) is 23.9 Å². The molecule has 0 N–H and O–H groups in total. The predicted molar refractivity (Wildman–Crippen MR) is 166 cm³/mol. The molecule has 4 aromatic carbocycles. The first-order valence-corrected chi connectivity index (χ1v) is 16.6. The first-order chi connectivity index (χ1) is 16.8. The third-order valence-electron chi connectivity index (χ3n) is 4.20. The van der Waals surface area contributed by atoms with Gasteiger partial charge in [-0.25, -0.2) is 8.42 Å². The summed E-state index contributed by atoms with van der Waals surface area (Å²) in [5.74, 6) is 0. The molecular formula is C24H12Br4Cl4O2S2. The van der Waals surface area contributed by atoms with Crippen molar-refractivity contribution in [2.45, 2.75) is 19.6 Å². The van der Waals surface area contributed by atoms with Crippen molar-refractivity contribution in [2.24, 2.45) is 0 Å². The molecule has 0 aliphatic rings. The summed E-state index contributed by atoms with van der Waals surface area (Å²) in [6, 6.07) is 20.6. The highest BCUT2D eigenvalue weighted by Gasteiger charge is 2.20. The molecule has 0 aliphatic heterocycles. The van der Waals surface area contributed by atoms with Crippen LogP contribution in [0.5, 0.6) is 0 Å². The Morgan fingerprint density at radius 3 is 1.25 bits per heavy atom. The van der Waals surface area contributed by atoms with Crippen molar-refractivity contribution in [2.75, 3.05) is 0 Å². The molecule has 0 fully saturated rings. The van der Waals surface area contributed by atoms with Gasteiger partial charge in [0.25, 0.3) is 0 Å². The Labute approximate surface area is 267 Å². The molecule has 0 amide bonds. The van der Waals surface area contributed by atoms with E-state index in [1.165, 1.54) is 30.3 Å². The second kappa shape index (κ2) is 13.6. The fourth-order valence-electron chi connectivity index (χ4n) is 2.81. The lowest BCUT2D eigenvalue weighted by molar-refractivity contribution is 0.596. The van der Waals surface area contributed by atoms with E-state index in [-0.39, 0.29) is 19.8 Å². The number of hydrogen-bond acceptors (Lipinski definition) is 3. The molecule has 188 valence electrons. The van der Waals surface area contributed by atoms with E-state index in [0.29, 0.717) is 19.0 Å². The summed E-state index contributed by atoms with van der Waals surface area (Å²) in [5.41, 5.74) is 0. The molecule has 0 bridgehead atoms. The smallest absolute Gasteiger partial charge is 0.206 e. The normalized spacial score (nSPS) is 11.1. The maximum absolute atomic E-state index is 12.5. The summed E-state index contributed by atoms with van der Waals surface area (Å²) in [6.07, 6.45) is 0. The monoisotopic (exact) mass is 852 g/mol. The molecular weight excluding hydrogens is 846 g/mol.